The molecule has 0 aliphatic rings. The molecule has 0 aliphatic heterocycles. The molecule has 8 heteroatoms. The van der Waals surface area contributed by atoms with E-state index in [2.05, 4.69) is 14.7 Å². The van der Waals surface area contributed by atoms with Crippen molar-refractivity contribution in [3.05, 3.63) is 28.0 Å². The van der Waals surface area contributed by atoms with Crippen LogP contribution in [-0.4, -0.2) is 24.6 Å². The minimum atomic E-state index is -3.29. The highest BCUT2D eigenvalue weighted by Crippen LogP contribution is 2.27. The quantitative estimate of drug-likeness (QED) is 0.914. The van der Waals surface area contributed by atoms with Gasteiger partial charge in [-0.1, -0.05) is 23.2 Å². The molecule has 1 heterocycles. The van der Waals surface area contributed by atoms with Gasteiger partial charge < -0.3 is 4.98 Å². The van der Waals surface area contributed by atoms with Crippen molar-refractivity contribution in [2.24, 2.45) is 0 Å². The van der Waals surface area contributed by atoms with Crippen molar-refractivity contribution in [1.82, 2.24) is 14.7 Å². The lowest BCUT2D eigenvalue weighted by Gasteiger charge is -2.08. The molecule has 0 unspecified atom stereocenters. The first-order valence-electron chi connectivity index (χ1n) is 5.08. The largest absolute Gasteiger partial charge is 0.341 e. The van der Waals surface area contributed by atoms with Gasteiger partial charge in [0.1, 0.15) is 5.82 Å². The third-order valence-corrected chi connectivity index (χ3v) is 3.85. The van der Waals surface area contributed by atoms with E-state index >= 15 is 0 Å². The Morgan fingerprint density at radius 1 is 1.33 bits per heavy atom. The Morgan fingerprint density at radius 3 is 2.56 bits per heavy atom. The number of halogens is 2. The predicted octanol–water partition coefficient (Wildman–Crippen LogP) is 2.48. The molecule has 0 aliphatic carbocycles. The summed E-state index contributed by atoms with van der Waals surface area (Å²) in [5.74, 6) is 0.508. The second-order valence-corrected chi connectivity index (χ2v) is 6.61. The highest BCUT2D eigenvalue weighted by atomic mass is 35.5. The number of hydrogen-bond acceptors (Lipinski definition) is 3. The number of fused-ring (bicyclic) bond motifs is 1. The molecule has 2 N–H and O–H groups in total. The standard InChI is InChI=1S/C10H11Cl2N3O2S/c1-5(15-18(2,16)17)10-13-8-3-6(11)7(12)4-9(8)14-10/h3-5,15H,1-2H3,(H,13,14)/t5-/m0/s1. The minimum Gasteiger partial charge on any atom is -0.341 e. The van der Waals surface area contributed by atoms with Crippen molar-refractivity contribution >= 4 is 44.3 Å². The molecule has 0 saturated heterocycles. The summed E-state index contributed by atoms with van der Waals surface area (Å²) >= 11 is 11.8. The molecule has 18 heavy (non-hydrogen) atoms. The van der Waals surface area contributed by atoms with Gasteiger partial charge in [-0.05, 0) is 19.1 Å². The van der Waals surface area contributed by atoms with Crippen LogP contribution in [0.2, 0.25) is 10.0 Å². The van der Waals surface area contributed by atoms with E-state index in [1.165, 1.54) is 0 Å². The summed E-state index contributed by atoms with van der Waals surface area (Å²) in [6, 6.07) is 2.83. The van der Waals surface area contributed by atoms with Crippen molar-refractivity contribution in [3.8, 4) is 0 Å². The van der Waals surface area contributed by atoms with Crippen molar-refractivity contribution < 1.29 is 8.42 Å². The van der Waals surface area contributed by atoms with Gasteiger partial charge in [0.05, 0.1) is 33.4 Å². The topological polar surface area (TPSA) is 74.8 Å². The molecule has 0 radical (unpaired) electrons. The third kappa shape index (κ3) is 2.95. The van der Waals surface area contributed by atoms with Crippen LogP contribution in [0, 0.1) is 0 Å². The van der Waals surface area contributed by atoms with Crippen molar-refractivity contribution in [2.75, 3.05) is 6.26 Å². The van der Waals surface area contributed by atoms with Gasteiger partial charge in [-0.15, -0.1) is 0 Å². The zero-order valence-electron chi connectivity index (χ0n) is 9.66. The number of hydrogen-bond donors (Lipinski definition) is 2. The highest BCUT2D eigenvalue weighted by molar-refractivity contribution is 7.88. The van der Waals surface area contributed by atoms with Crippen LogP contribution in [0.15, 0.2) is 12.1 Å². The van der Waals surface area contributed by atoms with Crippen LogP contribution in [0.3, 0.4) is 0 Å². The summed E-state index contributed by atoms with van der Waals surface area (Å²) in [7, 11) is -3.29. The molecule has 0 bridgehead atoms. The van der Waals surface area contributed by atoms with Crippen LogP contribution in [0.25, 0.3) is 11.0 Å². The Labute approximate surface area is 115 Å². The monoisotopic (exact) mass is 307 g/mol. The molecule has 0 saturated carbocycles. The number of sulfonamides is 1. The van der Waals surface area contributed by atoms with Crippen LogP contribution in [-0.2, 0) is 10.0 Å². The lowest BCUT2D eigenvalue weighted by Crippen LogP contribution is -2.26. The Morgan fingerprint density at radius 2 is 1.94 bits per heavy atom. The number of imidazole rings is 1. The SMILES string of the molecule is C[C@H](NS(C)(=O)=O)c1nc2cc(Cl)c(Cl)cc2[nH]1. The van der Waals surface area contributed by atoms with Gasteiger partial charge in [0.15, 0.2) is 0 Å². The summed E-state index contributed by atoms with van der Waals surface area (Å²) < 4.78 is 24.7. The maximum Gasteiger partial charge on any atom is 0.209 e. The number of nitrogens with zero attached hydrogens (tertiary/aromatic N) is 1. The van der Waals surface area contributed by atoms with Gasteiger partial charge >= 0.3 is 0 Å². The second kappa shape index (κ2) is 4.70. The maximum absolute atomic E-state index is 11.1. The normalized spacial score (nSPS) is 14.0. The summed E-state index contributed by atoms with van der Waals surface area (Å²) in [5, 5.41) is 0.828. The van der Waals surface area contributed by atoms with Crippen LogP contribution < -0.4 is 4.72 Å². The van der Waals surface area contributed by atoms with E-state index < -0.39 is 16.1 Å². The van der Waals surface area contributed by atoms with E-state index in [0.29, 0.717) is 26.9 Å². The zero-order chi connectivity index (χ0) is 13.5. The third-order valence-electron chi connectivity index (χ3n) is 2.34. The number of benzene rings is 1. The first-order chi connectivity index (χ1) is 8.26. The molecule has 1 aromatic carbocycles. The molecule has 1 aromatic heterocycles. The molecule has 0 amide bonds. The van der Waals surface area contributed by atoms with Gasteiger partial charge in [0.2, 0.25) is 10.0 Å². The number of aromatic amines is 1. The zero-order valence-corrected chi connectivity index (χ0v) is 12.0. The van der Waals surface area contributed by atoms with Gasteiger partial charge in [-0.25, -0.2) is 18.1 Å². The van der Waals surface area contributed by atoms with Crippen LogP contribution in [0.1, 0.15) is 18.8 Å². The van der Waals surface area contributed by atoms with Crippen molar-refractivity contribution in [3.63, 3.8) is 0 Å². The number of rotatable bonds is 3. The summed E-state index contributed by atoms with van der Waals surface area (Å²) in [6.07, 6.45) is 1.10. The molecule has 0 spiro atoms. The van der Waals surface area contributed by atoms with E-state index in [9.17, 15) is 8.42 Å². The average Bonchev–Trinajstić information content (AvgIpc) is 2.59. The minimum absolute atomic E-state index is 0.408. The molecule has 2 rings (SSSR count). The highest BCUT2D eigenvalue weighted by Gasteiger charge is 2.15. The van der Waals surface area contributed by atoms with Crippen LogP contribution in [0.4, 0.5) is 0 Å². The molecule has 1 atom stereocenters. The lowest BCUT2D eigenvalue weighted by molar-refractivity contribution is 0.567. The number of H-pyrrole nitrogens is 1. The van der Waals surface area contributed by atoms with E-state index in [4.69, 9.17) is 23.2 Å². The molecule has 98 valence electrons. The Hall–Kier alpha value is -0.820. The maximum atomic E-state index is 11.1. The van der Waals surface area contributed by atoms with Gasteiger partial charge in [0.25, 0.3) is 0 Å². The van der Waals surface area contributed by atoms with Gasteiger partial charge in [-0.3, -0.25) is 0 Å². The molecular formula is C10H11Cl2N3O2S. The Kier molecular flexibility index (Phi) is 3.55. The fourth-order valence-corrected chi connectivity index (χ4v) is 2.68. The molecule has 5 nitrogen and oxygen atoms in total. The van der Waals surface area contributed by atoms with Crippen molar-refractivity contribution in [2.45, 2.75) is 13.0 Å². The van der Waals surface area contributed by atoms with Crippen molar-refractivity contribution in [1.29, 1.82) is 0 Å². The summed E-state index contributed by atoms with van der Waals surface area (Å²) in [5.41, 5.74) is 1.35. The van der Waals surface area contributed by atoms with Crippen LogP contribution >= 0.6 is 23.2 Å². The van der Waals surface area contributed by atoms with E-state index in [1.54, 1.807) is 19.1 Å². The van der Waals surface area contributed by atoms with Gasteiger partial charge in [-0.2, -0.15) is 0 Å². The van der Waals surface area contributed by atoms with Gasteiger partial charge in [0, 0.05) is 0 Å². The second-order valence-electron chi connectivity index (χ2n) is 4.02. The fourth-order valence-electron chi connectivity index (χ4n) is 1.61. The van der Waals surface area contributed by atoms with Crippen LogP contribution in [0.5, 0.6) is 0 Å². The number of aromatic nitrogens is 2. The smallest absolute Gasteiger partial charge is 0.209 e. The summed E-state index contributed by atoms with van der Waals surface area (Å²) in [4.78, 5) is 7.28. The van der Waals surface area contributed by atoms with E-state index in [-0.39, 0.29) is 0 Å². The average molecular weight is 308 g/mol. The van der Waals surface area contributed by atoms with E-state index in [0.717, 1.165) is 6.26 Å². The fraction of sp³-hybridized carbons (Fsp3) is 0.300. The summed E-state index contributed by atoms with van der Waals surface area (Å²) in [6.45, 7) is 1.70. The molecule has 2 aromatic rings. The van der Waals surface area contributed by atoms with E-state index in [1.807, 2.05) is 0 Å². The Bertz CT molecular complexity index is 657. The molecule has 0 fully saturated rings. The first kappa shape index (κ1) is 13.6. The first-order valence-corrected chi connectivity index (χ1v) is 7.73. The number of nitrogens with one attached hydrogen (secondary N) is 2. The Balaban J connectivity index is 2.41. The predicted molar refractivity (Wildman–Crippen MR) is 72.5 cm³/mol. The molecular weight excluding hydrogens is 297 g/mol. The lowest BCUT2D eigenvalue weighted by atomic mass is 10.3.